The molecule has 0 radical (unpaired) electrons. The molecule has 190 valence electrons. The highest BCUT2D eigenvalue weighted by Crippen LogP contribution is 2.22. The summed E-state index contributed by atoms with van der Waals surface area (Å²) in [6.07, 6.45) is 1.67. The molecule has 8 heteroatoms. The number of amides is 1. The van der Waals surface area contributed by atoms with Crippen molar-refractivity contribution in [3.63, 3.8) is 0 Å². The van der Waals surface area contributed by atoms with Crippen LogP contribution in [0.15, 0.2) is 108 Å². The molecule has 5 aromatic rings. The van der Waals surface area contributed by atoms with Crippen LogP contribution >= 0.6 is 11.8 Å². The molecule has 0 saturated heterocycles. The van der Waals surface area contributed by atoms with E-state index in [-0.39, 0.29) is 5.91 Å². The van der Waals surface area contributed by atoms with Crippen molar-refractivity contribution >= 4 is 34.2 Å². The molecular formula is C30H27N5O2S. The zero-order valence-electron chi connectivity index (χ0n) is 21.2. The number of hydrazone groups is 1. The van der Waals surface area contributed by atoms with Gasteiger partial charge in [0.1, 0.15) is 18.7 Å². The normalized spacial score (nSPS) is 11.5. The number of benzene rings is 4. The molecular weight excluding hydrogens is 494 g/mol. The molecule has 0 unspecified atom stereocenters. The molecule has 0 aliphatic rings. The van der Waals surface area contributed by atoms with E-state index in [0.717, 1.165) is 33.3 Å². The van der Waals surface area contributed by atoms with Crippen molar-refractivity contribution in [3.8, 4) is 5.75 Å². The number of aryl methyl sites for hydroxylation is 1. The van der Waals surface area contributed by atoms with Crippen LogP contribution in [-0.4, -0.2) is 26.4 Å². The fourth-order valence-corrected chi connectivity index (χ4v) is 4.78. The minimum Gasteiger partial charge on any atom is -0.489 e. The van der Waals surface area contributed by atoms with Crippen molar-refractivity contribution in [2.24, 2.45) is 12.1 Å². The second-order valence-corrected chi connectivity index (χ2v) is 9.74. The van der Waals surface area contributed by atoms with Crippen molar-refractivity contribution in [1.29, 1.82) is 0 Å². The van der Waals surface area contributed by atoms with E-state index >= 15 is 0 Å². The van der Waals surface area contributed by atoms with Crippen LogP contribution in [0.25, 0.3) is 10.8 Å². The van der Waals surface area contributed by atoms with E-state index in [4.69, 9.17) is 4.74 Å². The van der Waals surface area contributed by atoms with Gasteiger partial charge in [0.25, 0.3) is 5.91 Å². The Bertz CT molecular complexity index is 1570. The Morgan fingerprint density at radius 1 is 0.947 bits per heavy atom. The Morgan fingerprint density at radius 3 is 2.45 bits per heavy atom. The second kappa shape index (κ2) is 11.7. The standard InChI is InChI=1S/C30H27N5O2S/c1-21(32-33-29(36)25-12-10-22(11-13-25)19-38-30-34-31-20-35(30)2)23-14-16-27(17-15-23)37-18-26-8-5-7-24-6-3-4-9-28(24)26/h3-17,20H,18-19H2,1-2H3,(H,33,36)/b32-21+. The molecule has 0 saturated carbocycles. The summed E-state index contributed by atoms with van der Waals surface area (Å²) in [6.45, 7) is 2.35. The first-order chi connectivity index (χ1) is 18.6. The molecule has 0 atom stereocenters. The van der Waals surface area contributed by atoms with Gasteiger partial charge in [0, 0.05) is 18.4 Å². The molecule has 0 aliphatic heterocycles. The number of carbonyl (C=O) groups is 1. The highest BCUT2D eigenvalue weighted by atomic mass is 32.2. The van der Waals surface area contributed by atoms with Crippen molar-refractivity contribution < 1.29 is 9.53 Å². The maximum Gasteiger partial charge on any atom is 0.271 e. The number of rotatable bonds is 9. The Balaban J connectivity index is 1.14. The van der Waals surface area contributed by atoms with Gasteiger partial charge in [0.2, 0.25) is 0 Å². The predicted octanol–water partition coefficient (Wildman–Crippen LogP) is 5.99. The van der Waals surface area contributed by atoms with Gasteiger partial charge < -0.3 is 9.30 Å². The van der Waals surface area contributed by atoms with E-state index in [1.54, 1.807) is 30.2 Å². The second-order valence-electron chi connectivity index (χ2n) is 8.80. The number of hydrogen-bond acceptors (Lipinski definition) is 6. The number of ether oxygens (including phenoxy) is 1. The third-order valence-corrected chi connectivity index (χ3v) is 7.23. The van der Waals surface area contributed by atoms with Gasteiger partial charge in [-0.15, -0.1) is 10.2 Å². The smallest absolute Gasteiger partial charge is 0.271 e. The average Bonchev–Trinajstić information content (AvgIpc) is 3.38. The van der Waals surface area contributed by atoms with Crippen molar-refractivity contribution in [1.82, 2.24) is 20.2 Å². The number of nitrogens with zero attached hydrogens (tertiary/aromatic N) is 4. The summed E-state index contributed by atoms with van der Waals surface area (Å²) in [5, 5.41) is 15.5. The largest absolute Gasteiger partial charge is 0.489 e. The summed E-state index contributed by atoms with van der Waals surface area (Å²) in [7, 11) is 1.91. The van der Waals surface area contributed by atoms with E-state index < -0.39 is 0 Å². The van der Waals surface area contributed by atoms with Gasteiger partial charge in [-0.05, 0) is 70.8 Å². The number of aromatic nitrogens is 3. The summed E-state index contributed by atoms with van der Waals surface area (Å²) in [5.74, 6) is 1.26. The van der Waals surface area contributed by atoms with Crippen LogP contribution in [0.3, 0.4) is 0 Å². The van der Waals surface area contributed by atoms with Gasteiger partial charge in [-0.3, -0.25) is 4.79 Å². The Hall–Kier alpha value is -4.43. The van der Waals surface area contributed by atoms with E-state index in [9.17, 15) is 4.79 Å². The topological polar surface area (TPSA) is 81.4 Å². The minimum absolute atomic E-state index is 0.258. The van der Waals surface area contributed by atoms with Gasteiger partial charge in [0.15, 0.2) is 5.16 Å². The lowest BCUT2D eigenvalue weighted by Gasteiger charge is -2.10. The summed E-state index contributed by atoms with van der Waals surface area (Å²) in [6, 6.07) is 29.7. The molecule has 7 nitrogen and oxygen atoms in total. The molecule has 0 spiro atoms. The molecule has 1 aromatic heterocycles. The first kappa shape index (κ1) is 25.2. The molecule has 0 aliphatic carbocycles. The summed E-state index contributed by atoms with van der Waals surface area (Å²) < 4.78 is 7.90. The maximum atomic E-state index is 12.6. The third-order valence-electron chi connectivity index (χ3n) is 6.13. The third kappa shape index (κ3) is 6.10. The summed E-state index contributed by atoms with van der Waals surface area (Å²) in [4.78, 5) is 12.6. The zero-order valence-corrected chi connectivity index (χ0v) is 22.0. The zero-order chi connectivity index (χ0) is 26.3. The van der Waals surface area contributed by atoms with Crippen LogP contribution in [0.4, 0.5) is 0 Å². The van der Waals surface area contributed by atoms with Gasteiger partial charge >= 0.3 is 0 Å². The molecule has 0 bridgehead atoms. The van der Waals surface area contributed by atoms with Crippen molar-refractivity contribution in [3.05, 3.63) is 120 Å². The van der Waals surface area contributed by atoms with Gasteiger partial charge in [0.05, 0.1) is 5.71 Å². The Morgan fingerprint density at radius 2 is 1.68 bits per heavy atom. The number of hydrogen-bond donors (Lipinski definition) is 1. The number of nitrogens with one attached hydrogen (secondary N) is 1. The summed E-state index contributed by atoms with van der Waals surface area (Å²) in [5.41, 5.74) is 7.04. The van der Waals surface area contributed by atoms with E-state index in [2.05, 4.69) is 45.0 Å². The fourth-order valence-electron chi connectivity index (χ4n) is 3.94. The van der Waals surface area contributed by atoms with Crippen molar-refractivity contribution in [2.45, 2.75) is 24.4 Å². The lowest BCUT2D eigenvalue weighted by molar-refractivity contribution is 0.0955. The number of thioether (sulfide) groups is 1. The van der Waals surface area contributed by atoms with Crippen LogP contribution in [0.5, 0.6) is 5.75 Å². The SMILES string of the molecule is C/C(=N\NC(=O)c1ccc(CSc2nncn2C)cc1)c1ccc(OCc2cccc3ccccc23)cc1. The van der Waals surface area contributed by atoms with E-state index in [1.807, 2.05) is 73.1 Å². The van der Waals surface area contributed by atoms with Crippen molar-refractivity contribution in [2.75, 3.05) is 0 Å². The van der Waals surface area contributed by atoms with Crippen LogP contribution in [0, 0.1) is 0 Å². The van der Waals surface area contributed by atoms with Crippen LogP contribution in [-0.2, 0) is 19.4 Å². The quantitative estimate of drug-likeness (QED) is 0.146. The molecule has 38 heavy (non-hydrogen) atoms. The lowest BCUT2D eigenvalue weighted by atomic mass is 10.1. The highest BCUT2D eigenvalue weighted by Gasteiger charge is 2.08. The Labute approximate surface area is 225 Å². The van der Waals surface area contributed by atoms with Crippen LogP contribution in [0.1, 0.15) is 34.0 Å². The number of carbonyl (C=O) groups excluding carboxylic acids is 1. The lowest BCUT2D eigenvalue weighted by Crippen LogP contribution is -2.19. The average molecular weight is 522 g/mol. The molecule has 1 amide bonds. The van der Waals surface area contributed by atoms with Crippen LogP contribution in [0.2, 0.25) is 0 Å². The highest BCUT2D eigenvalue weighted by molar-refractivity contribution is 7.98. The molecule has 1 N–H and O–H groups in total. The fraction of sp³-hybridized carbons (Fsp3) is 0.133. The molecule has 1 heterocycles. The predicted molar refractivity (Wildman–Crippen MR) is 151 cm³/mol. The van der Waals surface area contributed by atoms with Crippen LogP contribution < -0.4 is 10.2 Å². The van der Waals surface area contributed by atoms with Gasteiger partial charge in [-0.1, -0.05) is 66.4 Å². The van der Waals surface area contributed by atoms with Gasteiger partial charge in [-0.2, -0.15) is 5.10 Å². The summed E-state index contributed by atoms with van der Waals surface area (Å²) >= 11 is 1.59. The maximum absolute atomic E-state index is 12.6. The van der Waals surface area contributed by atoms with Gasteiger partial charge in [-0.25, -0.2) is 5.43 Å². The molecule has 5 rings (SSSR count). The van der Waals surface area contributed by atoms with E-state index in [0.29, 0.717) is 17.9 Å². The first-order valence-electron chi connectivity index (χ1n) is 12.2. The monoisotopic (exact) mass is 521 g/mol. The molecule has 4 aromatic carbocycles. The minimum atomic E-state index is -0.258. The Kier molecular flexibility index (Phi) is 7.80. The first-order valence-corrected chi connectivity index (χ1v) is 13.2. The number of fused-ring (bicyclic) bond motifs is 1. The molecule has 0 fully saturated rings. The van der Waals surface area contributed by atoms with E-state index in [1.165, 1.54) is 10.8 Å².